The largest absolute Gasteiger partial charge is 0.381 e. The molecule has 2 N–H and O–H groups in total. The molecular weight excluding hydrogens is 248 g/mol. The lowest BCUT2D eigenvalue weighted by Crippen LogP contribution is -2.29. The van der Waals surface area contributed by atoms with Gasteiger partial charge in [-0.2, -0.15) is 5.10 Å². The fourth-order valence-corrected chi connectivity index (χ4v) is 2.92. The smallest absolute Gasteiger partial charge is 0.0876 e. The summed E-state index contributed by atoms with van der Waals surface area (Å²) in [5.74, 6) is 0. The van der Waals surface area contributed by atoms with Gasteiger partial charge < -0.3 is 10.6 Å². The molecule has 4 nitrogen and oxygen atoms in total. The van der Waals surface area contributed by atoms with Crippen LogP contribution in [0, 0.1) is 0 Å². The molecule has 0 aliphatic carbocycles. The molecule has 1 aromatic carbocycles. The minimum atomic E-state index is 0.447. The van der Waals surface area contributed by atoms with Gasteiger partial charge in [0.25, 0.3) is 0 Å². The Hall–Kier alpha value is -1.81. The number of benzene rings is 1. The van der Waals surface area contributed by atoms with Gasteiger partial charge in [0.1, 0.15) is 0 Å². The Morgan fingerprint density at radius 2 is 2.30 bits per heavy atom. The van der Waals surface area contributed by atoms with E-state index >= 15 is 0 Å². The fourth-order valence-electron chi connectivity index (χ4n) is 2.92. The molecule has 2 heterocycles. The van der Waals surface area contributed by atoms with E-state index in [0.29, 0.717) is 12.1 Å². The summed E-state index contributed by atoms with van der Waals surface area (Å²) >= 11 is 0. The number of para-hydroxylation sites is 2. The number of aromatic nitrogens is 2. The minimum absolute atomic E-state index is 0.447. The van der Waals surface area contributed by atoms with Gasteiger partial charge in [-0.3, -0.25) is 0 Å². The third-order valence-electron chi connectivity index (χ3n) is 3.86. The molecule has 0 saturated carbocycles. The maximum Gasteiger partial charge on any atom is 0.0876 e. The molecule has 1 aromatic heterocycles. The van der Waals surface area contributed by atoms with E-state index < -0.39 is 0 Å². The molecule has 2 atom stereocenters. The third-order valence-corrected chi connectivity index (χ3v) is 3.86. The molecular formula is C16H22N4. The summed E-state index contributed by atoms with van der Waals surface area (Å²) < 4.78 is 1.91. The molecule has 1 fully saturated rings. The molecule has 106 valence electrons. The van der Waals surface area contributed by atoms with Crippen molar-refractivity contribution in [1.82, 2.24) is 15.1 Å². The van der Waals surface area contributed by atoms with Crippen molar-refractivity contribution in [3.63, 3.8) is 0 Å². The van der Waals surface area contributed by atoms with Crippen LogP contribution < -0.4 is 10.6 Å². The molecule has 2 aromatic rings. The van der Waals surface area contributed by atoms with Gasteiger partial charge in [0.2, 0.25) is 0 Å². The summed E-state index contributed by atoms with van der Waals surface area (Å²) in [5.41, 5.74) is 2.24. The number of anilines is 1. The highest BCUT2D eigenvalue weighted by molar-refractivity contribution is 5.60. The normalized spacial score (nSPS) is 19.9. The number of rotatable bonds is 5. The number of hydrogen-bond acceptors (Lipinski definition) is 3. The van der Waals surface area contributed by atoms with Gasteiger partial charge in [-0.15, -0.1) is 0 Å². The van der Waals surface area contributed by atoms with E-state index in [1.165, 1.54) is 19.4 Å². The monoisotopic (exact) mass is 270 g/mol. The summed E-state index contributed by atoms with van der Waals surface area (Å²) in [6.45, 7) is 3.42. The van der Waals surface area contributed by atoms with E-state index in [1.54, 1.807) is 0 Å². The first-order valence-electron chi connectivity index (χ1n) is 7.42. The lowest BCUT2D eigenvalue weighted by Gasteiger charge is -2.21. The van der Waals surface area contributed by atoms with Crippen LogP contribution in [0.1, 0.15) is 26.2 Å². The van der Waals surface area contributed by atoms with E-state index in [9.17, 15) is 0 Å². The van der Waals surface area contributed by atoms with Crippen molar-refractivity contribution < 1.29 is 0 Å². The highest BCUT2D eigenvalue weighted by Crippen LogP contribution is 2.21. The molecule has 0 amide bonds. The maximum atomic E-state index is 4.32. The zero-order valence-corrected chi connectivity index (χ0v) is 11.9. The molecule has 3 rings (SSSR count). The van der Waals surface area contributed by atoms with Gasteiger partial charge in [-0.05, 0) is 50.9 Å². The van der Waals surface area contributed by atoms with E-state index in [2.05, 4.69) is 40.9 Å². The van der Waals surface area contributed by atoms with Crippen molar-refractivity contribution in [3.8, 4) is 5.69 Å². The van der Waals surface area contributed by atoms with Crippen molar-refractivity contribution in [3.05, 3.63) is 42.7 Å². The zero-order chi connectivity index (χ0) is 13.8. The predicted molar refractivity (Wildman–Crippen MR) is 82.3 cm³/mol. The van der Waals surface area contributed by atoms with Gasteiger partial charge in [-0.25, -0.2) is 4.68 Å². The van der Waals surface area contributed by atoms with E-state index in [-0.39, 0.29) is 0 Å². The van der Waals surface area contributed by atoms with Gasteiger partial charge >= 0.3 is 0 Å². The van der Waals surface area contributed by atoms with Crippen LogP contribution >= 0.6 is 0 Å². The van der Waals surface area contributed by atoms with Crippen LogP contribution in [-0.4, -0.2) is 28.4 Å². The lowest BCUT2D eigenvalue weighted by molar-refractivity contribution is 0.523. The van der Waals surface area contributed by atoms with E-state index in [1.807, 2.05) is 29.2 Å². The first kappa shape index (κ1) is 13.2. The molecule has 1 aliphatic heterocycles. The highest BCUT2D eigenvalue weighted by Gasteiger charge is 2.17. The van der Waals surface area contributed by atoms with Crippen molar-refractivity contribution in [2.45, 2.75) is 38.3 Å². The Bertz CT molecular complexity index is 529. The third kappa shape index (κ3) is 3.02. The lowest BCUT2D eigenvalue weighted by atomic mass is 10.1. The van der Waals surface area contributed by atoms with Crippen LogP contribution in [0.4, 0.5) is 5.69 Å². The molecule has 0 radical (unpaired) electrons. The number of nitrogens with one attached hydrogen (secondary N) is 2. The SMILES string of the molecule is CC(CC1CCCN1)Nc1ccccc1-n1cccn1. The minimum Gasteiger partial charge on any atom is -0.381 e. The Balaban J connectivity index is 1.70. The van der Waals surface area contributed by atoms with Crippen LogP contribution in [0.2, 0.25) is 0 Å². The average molecular weight is 270 g/mol. The van der Waals surface area contributed by atoms with Gasteiger partial charge in [-0.1, -0.05) is 12.1 Å². The highest BCUT2D eigenvalue weighted by atomic mass is 15.3. The Kier molecular flexibility index (Phi) is 4.02. The van der Waals surface area contributed by atoms with Crippen molar-refractivity contribution in [2.75, 3.05) is 11.9 Å². The Morgan fingerprint density at radius 3 is 3.05 bits per heavy atom. The maximum absolute atomic E-state index is 4.32. The summed E-state index contributed by atoms with van der Waals surface area (Å²) in [7, 11) is 0. The van der Waals surface area contributed by atoms with Gasteiger partial charge in [0.05, 0.1) is 11.4 Å². The van der Waals surface area contributed by atoms with Crippen LogP contribution in [0.3, 0.4) is 0 Å². The average Bonchev–Trinajstić information content (AvgIpc) is 3.11. The second-order valence-electron chi connectivity index (χ2n) is 5.54. The van der Waals surface area contributed by atoms with Crippen LogP contribution in [0.25, 0.3) is 5.69 Å². The van der Waals surface area contributed by atoms with Crippen molar-refractivity contribution in [2.24, 2.45) is 0 Å². The Morgan fingerprint density at radius 1 is 1.40 bits per heavy atom. The molecule has 0 spiro atoms. The Labute approximate surface area is 120 Å². The predicted octanol–water partition coefficient (Wildman–Crippen LogP) is 2.81. The molecule has 20 heavy (non-hydrogen) atoms. The van der Waals surface area contributed by atoms with Crippen LogP contribution in [0.5, 0.6) is 0 Å². The van der Waals surface area contributed by atoms with Crippen molar-refractivity contribution in [1.29, 1.82) is 0 Å². The van der Waals surface area contributed by atoms with Crippen molar-refractivity contribution >= 4 is 5.69 Å². The summed E-state index contributed by atoms with van der Waals surface area (Å²) in [4.78, 5) is 0. The molecule has 2 unspecified atom stereocenters. The zero-order valence-electron chi connectivity index (χ0n) is 11.9. The number of nitrogens with zero attached hydrogens (tertiary/aromatic N) is 2. The quantitative estimate of drug-likeness (QED) is 0.878. The molecule has 4 heteroatoms. The van der Waals surface area contributed by atoms with E-state index in [4.69, 9.17) is 0 Å². The van der Waals surface area contributed by atoms with Gasteiger partial charge in [0, 0.05) is 24.5 Å². The summed E-state index contributed by atoms with van der Waals surface area (Å²) in [6, 6.07) is 11.4. The van der Waals surface area contributed by atoms with Crippen LogP contribution in [0.15, 0.2) is 42.7 Å². The standard InChI is InChI=1S/C16H22N4/c1-13(12-14-6-4-9-17-14)19-15-7-2-3-8-16(15)20-11-5-10-18-20/h2-3,5,7-8,10-11,13-14,17,19H,4,6,9,12H2,1H3. The first-order valence-corrected chi connectivity index (χ1v) is 7.42. The van der Waals surface area contributed by atoms with E-state index in [0.717, 1.165) is 17.8 Å². The fraction of sp³-hybridized carbons (Fsp3) is 0.438. The molecule has 0 bridgehead atoms. The first-order chi connectivity index (χ1) is 9.83. The van der Waals surface area contributed by atoms with Crippen LogP contribution in [-0.2, 0) is 0 Å². The molecule has 1 saturated heterocycles. The summed E-state index contributed by atoms with van der Waals surface area (Å²) in [5, 5.41) is 11.5. The summed E-state index contributed by atoms with van der Waals surface area (Å²) in [6.07, 6.45) is 7.55. The number of hydrogen-bond donors (Lipinski definition) is 2. The second kappa shape index (κ2) is 6.09. The van der Waals surface area contributed by atoms with Gasteiger partial charge in [0.15, 0.2) is 0 Å². The second-order valence-corrected chi connectivity index (χ2v) is 5.54. The molecule has 1 aliphatic rings. The topological polar surface area (TPSA) is 41.9 Å².